The first-order valence-corrected chi connectivity index (χ1v) is 9.59. The van der Waals surface area contributed by atoms with Gasteiger partial charge in [-0.25, -0.2) is 4.98 Å². The number of ether oxygens (including phenoxy) is 1. The molecule has 10 heteroatoms. The molecule has 0 bridgehead atoms. The Hall–Kier alpha value is -1.68. The van der Waals surface area contributed by atoms with E-state index in [4.69, 9.17) is 23.8 Å². The molecule has 0 unspecified atom stereocenters. The highest BCUT2D eigenvalue weighted by atomic mass is 35.5. The van der Waals surface area contributed by atoms with Gasteiger partial charge in [0.1, 0.15) is 4.70 Å². The summed E-state index contributed by atoms with van der Waals surface area (Å²) in [6, 6.07) is 7.11. The van der Waals surface area contributed by atoms with Crippen molar-refractivity contribution in [3.8, 4) is 5.69 Å². The molecule has 0 saturated carbocycles. The summed E-state index contributed by atoms with van der Waals surface area (Å²) in [6.45, 7) is 0. The van der Waals surface area contributed by atoms with Crippen molar-refractivity contribution in [1.82, 2.24) is 14.1 Å². The van der Waals surface area contributed by atoms with Gasteiger partial charge in [-0.15, -0.1) is 0 Å². The molecule has 0 N–H and O–H groups in total. The van der Waals surface area contributed by atoms with E-state index in [0.717, 1.165) is 17.4 Å². The minimum Gasteiger partial charge on any atom is -0.468 e. The van der Waals surface area contributed by atoms with Gasteiger partial charge >= 0.3 is 5.97 Å². The Balaban J connectivity index is 2.19. The summed E-state index contributed by atoms with van der Waals surface area (Å²) in [5, 5.41) is 1.02. The van der Waals surface area contributed by atoms with E-state index < -0.39 is 0 Å². The van der Waals surface area contributed by atoms with Crippen LogP contribution in [0.15, 0.2) is 34.2 Å². The molecule has 2 aromatic heterocycles. The van der Waals surface area contributed by atoms with Crippen LogP contribution < -0.4 is 5.56 Å². The highest BCUT2D eigenvalue weighted by Crippen LogP contribution is 2.26. The van der Waals surface area contributed by atoms with Crippen LogP contribution in [-0.2, 0) is 16.6 Å². The van der Waals surface area contributed by atoms with Crippen LogP contribution in [0.2, 0.25) is 5.02 Å². The van der Waals surface area contributed by atoms with Crippen LogP contribution in [0, 0.1) is 3.95 Å². The summed E-state index contributed by atoms with van der Waals surface area (Å²) in [4.78, 5) is 28.6. The molecular formula is C15H12ClN3O3S3. The van der Waals surface area contributed by atoms with E-state index in [-0.39, 0.29) is 17.3 Å². The van der Waals surface area contributed by atoms with Gasteiger partial charge in [-0.1, -0.05) is 34.7 Å². The third-order valence-electron chi connectivity index (χ3n) is 3.41. The van der Waals surface area contributed by atoms with E-state index in [1.807, 2.05) is 12.1 Å². The van der Waals surface area contributed by atoms with Crippen LogP contribution in [-0.4, -0.2) is 33.0 Å². The number of carbonyl (C=O) groups excluding carboxylic acids is 1. The van der Waals surface area contributed by atoms with E-state index in [1.165, 1.54) is 23.0 Å². The number of rotatable bonds is 4. The zero-order valence-corrected chi connectivity index (χ0v) is 16.4. The SMILES string of the molecule is COC(=O)CSc1nc2c(sc(=S)n2-c2ccc(Cl)cc2)c(=O)n1C. The standard InChI is InChI=1S/C15H12ClN3O3S3/c1-18-13(21)11-12(17-14(18)24-7-10(20)22-2)19(15(23)25-11)9-5-3-8(16)4-6-9/h3-6H,7H2,1-2H3. The third-order valence-corrected chi connectivity index (χ3v) is 6.01. The maximum Gasteiger partial charge on any atom is 0.316 e. The minimum atomic E-state index is -0.390. The van der Waals surface area contributed by atoms with E-state index in [1.54, 1.807) is 23.7 Å². The first-order valence-electron chi connectivity index (χ1n) is 7.00. The lowest BCUT2D eigenvalue weighted by atomic mass is 10.3. The predicted molar refractivity (Wildman–Crippen MR) is 103 cm³/mol. The lowest BCUT2D eigenvalue weighted by molar-refractivity contribution is -0.137. The normalized spacial score (nSPS) is 11.0. The molecule has 25 heavy (non-hydrogen) atoms. The molecule has 0 radical (unpaired) electrons. The average Bonchev–Trinajstić information content (AvgIpc) is 2.93. The summed E-state index contributed by atoms with van der Waals surface area (Å²) >= 11 is 13.7. The van der Waals surface area contributed by atoms with Gasteiger partial charge < -0.3 is 4.74 Å². The molecule has 0 aliphatic carbocycles. The van der Waals surface area contributed by atoms with Gasteiger partial charge in [-0.2, -0.15) is 0 Å². The average molecular weight is 414 g/mol. The molecule has 3 rings (SSSR count). The van der Waals surface area contributed by atoms with Gasteiger partial charge in [0.2, 0.25) is 0 Å². The lowest BCUT2D eigenvalue weighted by Gasteiger charge is -2.08. The molecule has 0 aliphatic rings. The van der Waals surface area contributed by atoms with Crippen LogP contribution >= 0.6 is 46.9 Å². The summed E-state index contributed by atoms with van der Waals surface area (Å²) in [7, 11) is 2.93. The Morgan fingerprint density at radius 2 is 2.08 bits per heavy atom. The molecular weight excluding hydrogens is 402 g/mol. The number of nitrogens with zero attached hydrogens (tertiary/aromatic N) is 3. The number of fused-ring (bicyclic) bond motifs is 1. The van der Waals surface area contributed by atoms with E-state index >= 15 is 0 Å². The summed E-state index contributed by atoms with van der Waals surface area (Å²) in [5.74, 6) is -0.326. The quantitative estimate of drug-likeness (QED) is 0.282. The van der Waals surface area contributed by atoms with Crippen molar-refractivity contribution in [2.24, 2.45) is 7.05 Å². The van der Waals surface area contributed by atoms with Gasteiger partial charge in [-0.05, 0) is 36.5 Å². The van der Waals surface area contributed by atoms with E-state index in [2.05, 4.69) is 9.72 Å². The number of aromatic nitrogens is 3. The maximum atomic E-state index is 12.6. The topological polar surface area (TPSA) is 66.1 Å². The molecule has 1 aromatic carbocycles. The number of thiazole rings is 1. The van der Waals surface area contributed by atoms with Crippen LogP contribution in [0.25, 0.3) is 16.0 Å². The van der Waals surface area contributed by atoms with E-state index in [9.17, 15) is 9.59 Å². The van der Waals surface area contributed by atoms with Crippen molar-refractivity contribution in [1.29, 1.82) is 0 Å². The van der Waals surface area contributed by atoms with Crippen molar-refractivity contribution in [3.63, 3.8) is 0 Å². The first kappa shape index (κ1) is 18.1. The van der Waals surface area contributed by atoms with Crippen LogP contribution in [0.5, 0.6) is 0 Å². The Morgan fingerprint density at radius 3 is 2.72 bits per heavy atom. The number of carbonyl (C=O) groups is 1. The predicted octanol–water partition coefficient (Wildman–Crippen LogP) is 3.43. The molecule has 3 aromatic rings. The Kier molecular flexibility index (Phi) is 5.28. The highest BCUT2D eigenvalue weighted by molar-refractivity contribution is 7.99. The first-order chi connectivity index (χ1) is 11.9. The molecule has 0 amide bonds. The fraction of sp³-hybridized carbons (Fsp3) is 0.200. The van der Waals surface area contributed by atoms with Gasteiger partial charge in [0.25, 0.3) is 5.56 Å². The van der Waals surface area contributed by atoms with Gasteiger partial charge in [0, 0.05) is 17.8 Å². The zero-order valence-electron chi connectivity index (χ0n) is 13.2. The highest BCUT2D eigenvalue weighted by Gasteiger charge is 2.17. The molecule has 0 saturated heterocycles. The molecule has 0 spiro atoms. The van der Waals surface area contributed by atoms with Crippen LogP contribution in [0.3, 0.4) is 0 Å². The summed E-state index contributed by atoms with van der Waals surface area (Å²) < 4.78 is 8.75. The number of thioether (sulfide) groups is 1. The smallest absolute Gasteiger partial charge is 0.316 e. The molecule has 130 valence electrons. The van der Waals surface area contributed by atoms with Gasteiger partial charge in [-0.3, -0.25) is 18.7 Å². The third kappa shape index (κ3) is 3.50. The second kappa shape index (κ2) is 7.28. The second-order valence-corrected chi connectivity index (χ2v) is 7.98. The largest absolute Gasteiger partial charge is 0.468 e. The lowest BCUT2D eigenvalue weighted by Crippen LogP contribution is -2.20. The molecule has 2 heterocycles. The number of benzene rings is 1. The summed E-state index contributed by atoms with van der Waals surface area (Å²) in [5.41, 5.74) is 1.03. The Morgan fingerprint density at radius 1 is 1.40 bits per heavy atom. The monoisotopic (exact) mass is 413 g/mol. The molecule has 0 aliphatic heterocycles. The Bertz CT molecular complexity index is 1070. The molecule has 6 nitrogen and oxygen atoms in total. The Labute approximate surface area is 161 Å². The summed E-state index contributed by atoms with van der Waals surface area (Å²) in [6.07, 6.45) is 0. The number of hydrogen-bond donors (Lipinski definition) is 0. The van der Waals surface area contributed by atoms with Crippen LogP contribution in [0.1, 0.15) is 0 Å². The molecule has 0 fully saturated rings. The maximum absolute atomic E-state index is 12.6. The van der Waals surface area contributed by atoms with Gasteiger partial charge in [0.05, 0.1) is 12.9 Å². The van der Waals surface area contributed by atoms with Gasteiger partial charge in [0.15, 0.2) is 14.8 Å². The van der Waals surface area contributed by atoms with Crippen molar-refractivity contribution in [2.45, 2.75) is 5.16 Å². The fourth-order valence-electron chi connectivity index (χ4n) is 2.14. The number of hydrogen-bond acceptors (Lipinski definition) is 7. The number of halogens is 1. The fourth-order valence-corrected chi connectivity index (χ4v) is 4.41. The number of esters is 1. The number of methoxy groups -OCH3 is 1. The zero-order chi connectivity index (χ0) is 18.1. The van der Waals surface area contributed by atoms with Crippen molar-refractivity contribution < 1.29 is 9.53 Å². The molecule has 0 atom stereocenters. The van der Waals surface area contributed by atoms with E-state index in [0.29, 0.717) is 24.5 Å². The van der Waals surface area contributed by atoms with Crippen LogP contribution in [0.4, 0.5) is 0 Å². The minimum absolute atomic E-state index is 0.0636. The van der Waals surface area contributed by atoms with Crippen molar-refractivity contribution >= 4 is 63.2 Å². The van der Waals surface area contributed by atoms with Crippen molar-refractivity contribution in [2.75, 3.05) is 12.9 Å². The second-order valence-electron chi connectivity index (χ2n) is 4.96. The van der Waals surface area contributed by atoms with Crippen molar-refractivity contribution in [3.05, 3.63) is 43.6 Å².